The fraction of sp³-hybridized carbons (Fsp3) is 0.211. The number of carbonyl (C=O) groups excluding carboxylic acids is 2. The molecule has 3 aromatic rings. The number of thioether (sulfide) groups is 1. The first-order valence-electron chi connectivity index (χ1n) is 8.39. The van der Waals surface area contributed by atoms with E-state index in [2.05, 4.69) is 15.6 Å². The second-order valence-electron chi connectivity index (χ2n) is 5.76. The molecule has 2 heterocycles. The van der Waals surface area contributed by atoms with Gasteiger partial charge in [0.25, 0.3) is 5.91 Å². The fourth-order valence-electron chi connectivity index (χ4n) is 2.33. The average Bonchev–Trinajstić information content (AvgIpc) is 3.32. The van der Waals surface area contributed by atoms with Crippen molar-refractivity contribution in [3.8, 4) is 0 Å². The minimum atomic E-state index is -0.238. The number of hydrogen-bond acceptors (Lipinski definition) is 6. The molecule has 0 aliphatic carbocycles. The van der Waals surface area contributed by atoms with Crippen LogP contribution in [0.15, 0.2) is 52.1 Å². The number of thiazole rings is 1. The van der Waals surface area contributed by atoms with Gasteiger partial charge in [-0.2, -0.15) is 0 Å². The van der Waals surface area contributed by atoms with Gasteiger partial charge in [0.15, 0.2) is 5.13 Å². The van der Waals surface area contributed by atoms with E-state index in [1.54, 1.807) is 6.07 Å². The van der Waals surface area contributed by atoms with Crippen molar-refractivity contribution in [1.82, 2.24) is 4.98 Å². The molecule has 0 bridgehead atoms. The molecular formula is C19H19N3O2S3. The van der Waals surface area contributed by atoms with E-state index in [0.29, 0.717) is 22.1 Å². The van der Waals surface area contributed by atoms with Crippen LogP contribution in [-0.4, -0.2) is 22.0 Å². The number of nitrogens with zero attached hydrogens (tertiary/aromatic N) is 1. The normalized spacial score (nSPS) is 11.8. The van der Waals surface area contributed by atoms with Gasteiger partial charge in [0.1, 0.15) is 0 Å². The second kappa shape index (κ2) is 9.16. The van der Waals surface area contributed by atoms with Gasteiger partial charge in [-0.05, 0) is 43.0 Å². The van der Waals surface area contributed by atoms with Crippen LogP contribution in [0.3, 0.4) is 0 Å². The first kappa shape index (κ1) is 19.6. The first-order chi connectivity index (χ1) is 13.0. The quantitative estimate of drug-likeness (QED) is 0.514. The zero-order chi connectivity index (χ0) is 19.2. The Labute approximate surface area is 170 Å². The van der Waals surface area contributed by atoms with Crippen LogP contribution >= 0.6 is 34.4 Å². The molecule has 0 aliphatic heterocycles. The number of carbonyl (C=O) groups is 2. The molecule has 1 aromatic carbocycles. The van der Waals surface area contributed by atoms with Gasteiger partial charge in [0.2, 0.25) is 5.91 Å². The number of anilines is 2. The van der Waals surface area contributed by atoms with E-state index >= 15 is 0 Å². The Balaban J connectivity index is 1.64. The molecule has 2 aromatic heterocycles. The highest BCUT2D eigenvalue weighted by Gasteiger charge is 2.19. The van der Waals surface area contributed by atoms with Crippen molar-refractivity contribution in [3.05, 3.63) is 57.7 Å². The van der Waals surface area contributed by atoms with Crippen LogP contribution in [0.5, 0.6) is 0 Å². The monoisotopic (exact) mass is 417 g/mol. The molecule has 0 spiro atoms. The number of thiophene rings is 1. The van der Waals surface area contributed by atoms with Crippen LogP contribution in [0.25, 0.3) is 0 Å². The summed E-state index contributed by atoms with van der Waals surface area (Å²) in [6, 6.07) is 11.2. The van der Waals surface area contributed by atoms with Gasteiger partial charge in [-0.3, -0.25) is 9.59 Å². The molecule has 8 heteroatoms. The summed E-state index contributed by atoms with van der Waals surface area (Å²) in [6.07, 6.45) is 0.687. The molecule has 2 N–H and O–H groups in total. The fourth-order valence-corrected chi connectivity index (χ4v) is 4.65. The van der Waals surface area contributed by atoms with Crippen molar-refractivity contribution in [3.63, 3.8) is 0 Å². The van der Waals surface area contributed by atoms with Crippen LogP contribution in [0.4, 0.5) is 10.8 Å². The highest BCUT2D eigenvalue weighted by Crippen LogP contribution is 2.29. The highest BCUT2D eigenvalue weighted by atomic mass is 32.2. The van der Waals surface area contributed by atoms with Crippen molar-refractivity contribution in [1.29, 1.82) is 0 Å². The number of hydrogen-bond donors (Lipinski definition) is 2. The van der Waals surface area contributed by atoms with E-state index in [4.69, 9.17) is 0 Å². The summed E-state index contributed by atoms with van der Waals surface area (Å²) in [5, 5.41) is 9.93. The standard InChI is InChI=1S/C19H19N3O2S3/c1-3-15(17(23)22-19-20-12(2)11-26-19)27-14-7-4-6-13(10-14)21-18(24)16-8-5-9-25-16/h4-11,15H,3H2,1-2H3,(H,21,24)(H,20,22,23). The van der Waals surface area contributed by atoms with E-state index < -0.39 is 0 Å². The zero-order valence-electron chi connectivity index (χ0n) is 14.9. The summed E-state index contributed by atoms with van der Waals surface area (Å²) in [5.41, 5.74) is 1.61. The molecule has 1 atom stereocenters. The summed E-state index contributed by atoms with van der Waals surface area (Å²) >= 11 is 4.30. The maximum atomic E-state index is 12.5. The number of aromatic nitrogens is 1. The smallest absolute Gasteiger partial charge is 0.265 e. The number of benzene rings is 1. The van der Waals surface area contributed by atoms with Crippen LogP contribution in [-0.2, 0) is 4.79 Å². The van der Waals surface area contributed by atoms with Gasteiger partial charge in [-0.1, -0.05) is 19.1 Å². The Morgan fingerprint density at radius 2 is 2.04 bits per heavy atom. The Hall–Kier alpha value is -2.16. The number of rotatable bonds is 7. The third-order valence-corrected chi connectivity index (χ3v) is 6.73. The molecule has 2 amide bonds. The second-order valence-corrected chi connectivity index (χ2v) is 8.84. The Kier molecular flexibility index (Phi) is 6.65. The molecule has 0 saturated carbocycles. The van der Waals surface area contributed by atoms with Gasteiger partial charge < -0.3 is 10.6 Å². The molecule has 0 fully saturated rings. The maximum absolute atomic E-state index is 12.5. The maximum Gasteiger partial charge on any atom is 0.265 e. The third kappa shape index (κ3) is 5.41. The van der Waals surface area contributed by atoms with E-state index in [0.717, 1.165) is 10.6 Å². The lowest BCUT2D eigenvalue weighted by atomic mass is 10.3. The Morgan fingerprint density at radius 3 is 2.70 bits per heavy atom. The number of nitrogens with one attached hydrogen (secondary N) is 2. The molecule has 0 radical (unpaired) electrons. The lowest BCUT2D eigenvalue weighted by molar-refractivity contribution is -0.115. The van der Waals surface area contributed by atoms with Crippen molar-refractivity contribution in [2.24, 2.45) is 0 Å². The third-order valence-electron chi connectivity index (χ3n) is 3.63. The predicted molar refractivity (Wildman–Crippen MR) is 114 cm³/mol. The summed E-state index contributed by atoms with van der Waals surface area (Å²) in [7, 11) is 0. The molecule has 27 heavy (non-hydrogen) atoms. The van der Waals surface area contributed by atoms with Crippen molar-refractivity contribution in [2.75, 3.05) is 10.6 Å². The zero-order valence-corrected chi connectivity index (χ0v) is 17.3. The van der Waals surface area contributed by atoms with Crippen LogP contribution in [0.1, 0.15) is 28.7 Å². The number of amides is 2. The van der Waals surface area contributed by atoms with Crippen LogP contribution in [0, 0.1) is 6.92 Å². The molecule has 1 unspecified atom stereocenters. The van der Waals surface area contributed by atoms with E-state index in [-0.39, 0.29) is 17.1 Å². The molecule has 5 nitrogen and oxygen atoms in total. The molecule has 0 saturated heterocycles. The first-order valence-corrected chi connectivity index (χ1v) is 11.0. The summed E-state index contributed by atoms with van der Waals surface area (Å²) in [6.45, 7) is 3.88. The minimum absolute atomic E-state index is 0.0649. The predicted octanol–water partition coefficient (Wildman–Crippen LogP) is 5.27. The minimum Gasteiger partial charge on any atom is -0.321 e. The van der Waals surface area contributed by atoms with Gasteiger partial charge in [-0.15, -0.1) is 34.4 Å². The van der Waals surface area contributed by atoms with Crippen molar-refractivity contribution >= 4 is 57.1 Å². The molecule has 140 valence electrons. The van der Waals surface area contributed by atoms with E-state index in [1.165, 1.54) is 34.4 Å². The molecule has 0 aliphatic rings. The van der Waals surface area contributed by atoms with Gasteiger partial charge in [0.05, 0.1) is 15.8 Å². The van der Waals surface area contributed by atoms with Crippen molar-refractivity contribution in [2.45, 2.75) is 30.4 Å². The summed E-state index contributed by atoms with van der Waals surface area (Å²) < 4.78 is 0. The Bertz CT molecular complexity index is 922. The van der Waals surface area contributed by atoms with Crippen molar-refractivity contribution < 1.29 is 9.59 Å². The van der Waals surface area contributed by atoms with Gasteiger partial charge in [0, 0.05) is 16.0 Å². The topological polar surface area (TPSA) is 71.1 Å². The van der Waals surface area contributed by atoms with Crippen LogP contribution in [0.2, 0.25) is 0 Å². The molecule has 3 rings (SSSR count). The van der Waals surface area contributed by atoms with E-state index in [1.807, 2.05) is 54.9 Å². The summed E-state index contributed by atoms with van der Waals surface area (Å²) in [5.74, 6) is -0.194. The average molecular weight is 418 g/mol. The lowest BCUT2D eigenvalue weighted by Crippen LogP contribution is -2.24. The highest BCUT2D eigenvalue weighted by molar-refractivity contribution is 8.00. The molecular weight excluding hydrogens is 398 g/mol. The SMILES string of the molecule is CCC(Sc1cccc(NC(=O)c2cccs2)c1)C(=O)Nc1nc(C)cs1. The largest absolute Gasteiger partial charge is 0.321 e. The number of aryl methyl sites for hydroxylation is 1. The Morgan fingerprint density at radius 1 is 1.19 bits per heavy atom. The van der Waals surface area contributed by atoms with Crippen LogP contribution < -0.4 is 10.6 Å². The van der Waals surface area contributed by atoms with Gasteiger partial charge in [-0.25, -0.2) is 4.98 Å². The lowest BCUT2D eigenvalue weighted by Gasteiger charge is -2.14. The van der Waals surface area contributed by atoms with Gasteiger partial charge >= 0.3 is 0 Å². The van der Waals surface area contributed by atoms with E-state index in [9.17, 15) is 9.59 Å². The summed E-state index contributed by atoms with van der Waals surface area (Å²) in [4.78, 5) is 30.6.